The quantitative estimate of drug-likeness (QED) is 0.470. The highest BCUT2D eigenvalue weighted by Gasteiger charge is 2.10. The molecule has 0 fully saturated rings. The third kappa shape index (κ3) is 5.74. The Bertz CT molecular complexity index is 832. The summed E-state index contributed by atoms with van der Waals surface area (Å²) in [6.45, 7) is 2.04. The number of aromatic nitrogens is 2. The van der Waals surface area contributed by atoms with Crippen LogP contribution in [0.25, 0.3) is 0 Å². The van der Waals surface area contributed by atoms with E-state index in [-0.39, 0.29) is 11.9 Å². The van der Waals surface area contributed by atoms with Crippen LogP contribution in [0, 0.1) is 6.92 Å². The molecule has 0 aliphatic carbocycles. The van der Waals surface area contributed by atoms with Gasteiger partial charge in [0.25, 0.3) is 0 Å². The summed E-state index contributed by atoms with van der Waals surface area (Å²) >= 11 is 1.74. The molecule has 0 saturated heterocycles. The maximum Gasteiger partial charge on any atom is 0.322 e. The summed E-state index contributed by atoms with van der Waals surface area (Å²) in [5.41, 5.74) is 2.30. The molecule has 1 aromatic heterocycles. The maximum absolute atomic E-state index is 12.0. The van der Waals surface area contributed by atoms with E-state index in [1.807, 2.05) is 49.4 Å². The monoisotopic (exact) mass is 367 g/mol. The standard InChI is InChI=1S/C20H21N3O2S/c1-15-9-11-16(12-10-15)14-19-22-23-20(25-19)21-18(24)8-5-13-26-17-6-3-2-4-7-17/h2-4,6-7,9-12H,5,8,13-14H2,1H3,(H,21,23,24). The molecule has 1 amide bonds. The number of hydrogen-bond donors (Lipinski definition) is 1. The van der Waals surface area contributed by atoms with E-state index >= 15 is 0 Å². The average molecular weight is 367 g/mol. The predicted octanol–water partition coefficient (Wildman–Crippen LogP) is 4.48. The third-order valence-corrected chi connectivity index (χ3v) is 4.85. The Hall–Kier alpha value is -2.60. The van der Waals surface area contributed by atoms with E-state index in [0.717, 1.165) is 17.7 Å². The van der Waals surface area contributed by atoms with E-state index in [2.05, 4.69) is 27.6 Å². The van der Waals surface area contributed by atoms with E-state index in [9.17, 15) is 4.79 Å². The smallest absolute Gasteiger partial charge is 0.322 e. The molecule has 6 heteroatoms. The van der Waals surface area contributed by atoms with Crippen LogP contribution in [-0.2, 0) is 11.2 Å². The lowest BCUT2D eigenvalue weighted by Crippen LogP contribution is -2.11. The fraction of sp³-hybridized carbons (Fsp3) is 0.250. The van der Waals surface area contributed by atoms with Crippen LogP contribution in [0.2, 0.25) is 0 Å². The molecule has 134 valence electrons. The molecule has 0 aliphatic rings. The van der Waals surface area contributed by atoms with Gasteiger partial charge in [-0.25, -0.2) is 0 Å². The highest BCUT2D eigenvalue weighted by Crippen LogP contribution is 2.18. The number of carbonyl (C=O) groups excluding carboxylic acids is 1. The van der Waals surface area contributed by atoms with Crippen molar-refractivity contribution in [3.05, 3.63) is 71.6 Å². The van der Waals surface area contributed by atoms with Crippen LogP contribution in [0.5, 0.6) is 0 Å². The Morgan fingerprint density at radius 3 is 2.62 bits per heavy atom. The number of nitrogens with one attached hydrogen (secondary N) is 1. The van der Waals surface area contributed by atoms with Crippen molar-refractivity contribution in [3.63, 3.8) is 0 Å². The fourth-order valence-electron chi connectivity index (χ4n) is 2.38. The van der Waals surface area contributed by atoms with Crippen molar-refractivity contribution in [2.45, 2.75) is 31.1 Å². The zero-order chi connectivity index (χ0) is 18.2. The van der Waals surface area contributed by atoms with Gasteiger partial charge in [0.15, 0.2) is 0 Å². The number of anilines is 1. The van der Waals surface area contributed by atoms with Gasteiger partial charge in [0.2, 0.25) is 11.8 Å². The summed E-state index contributed by atoms with van der Waals surface area (Å²) in [5, 5.41) is 10.5. The number of hydrogen-bond acceptors (Lipinski definition) is 5. The maximum atomic E-state index is 12.0. The number of rotatable bonds is 8. The third-order valence-electron chi connectivity index (χ3n) is 3.75. The number of benzene rings is 2. The molecule has 0 unspecified atom stereocenters. The van der Waals surface area contributed by atoms with E-state index in [1.54, 1.807) is 11.8 Å². The first-order valence-electron chi connectivity index (χ1n) is 8.55. The van der Waals surface area contributed by atoms with Crippen LogP contribution >= 0.6 is 11.8 Å². The van der Waals surface area contributed by atoms with Gasteiger partial charge in [-0.2, -0.15) is 0 Å². The minimum atomic E-state index is -0.107. The van der Waals surface area contributed by atoms with Gasteiger partial charge in [-0.05, 0) is 36.8 Å². The highest BCUT2D eigenvalue weighted by molar-refractivity contribution is 7.99. The highest BCUT2D eigenvalue weighted by atomic mass is 32.2. The van der Waals surface area contributed by atoms with Crippen LogP contribution < -0.4 is 5.32 Å². The second-order valence-corrected chi connectivity index (χ2v) is 7.14. The molecule has 0 atom stereocenters. The van der Waals surface area contributed by atoms with Crippen LogP contribution in [-0.4, -0.2) is 21.9 Å². The van der Waals surface area contributed by atoms with Crippen LogP contribution in [0.3, 0.4) is 0 Å². The normalized spacial score (nSPS) is 10.7. The molecule has 0 aliphatic heterocycles. The topological polar surface area (TPSA) is 68.0 Å². The Morgan fingerprint density at radius 2 is 1.85 bits per heavy atom. The van der Waals surface area contributed by atoms with Crippen LogP contribution in [0.15, 0.2) is 63.9 Å². The van der Waals surface area contributed by atoms with Crippen molar-refractivity contribution >= 4 is 23.7 Å². The number of thioether (sulfide) groups is 1. The molecule has 0 radical (unpaired) electrons. The first-order valence-corrected chi connectivity index (χ1v) is 9.53. The Balaban J connectivity index is 1.40. The molecule has 1 N–H and O–H groups in total. The van der Waals surface area contributed by atoms with Gasteiger partial charge in [0, 0.05) is 11.3 Å². The van der Waals surface area contributed by atoms with Crippen LogP contribution in [0.4, 0.5) is 6.01 Å². The number of nitrogens with zero attached hydrogens (tertiary/aromatic N) is 2. The fourth-order valence-corrected chi connectivity index (χ4v) is 3.25. The molecule has 2 aromatic carbocycles. The van der Waals surface area contributed by atoms with Crippen molar-refractivity contribution in [1.29, 1.82) is 0 Å². The first kappa shape index (κ1) is 18.2. The lowest BCUT2D eigenvalue weighted by molar-refractivity contribution is -0.116. The van der Waals surface area contributed by atoms with E-state index in [1.165, 1.54) is 10.5 Å². The summed E-state index contributed by atoms with van der Waals surface area (Å²) in [6, 6.07) is 18.5. The molecular formula is C20H21N3O2S. The average Bonchev–Trinajstić information content (AvgIpc) is 3.08. The Morgan fingerprint density at radius 1 is 1.08 bits per heavy atom. The van der Waals surface area contributed by atoms with Gasteiger partial charge in [-0.1, -0.05) is 53.1 Å². The summed E-state index contributed by atoms with van der Waals surface area (Å²) < 4.78 is 5.50. The SMILES string of the molecule is Cc1ccc(Cc2nnc(NC(=O)CCCSc3ccccc3)o2)cc1. The Labute approximate surface area is 157 Å². The van der Waals surface area contributed by atoms with Crippen LogP contribution in [0.1, 0.15) is 29.9 Å². The minimum absolute atomic E-state index is 0.107. The molecule has 0 saturated carbocycles. The van der Waals surface area contributed by atoms with Crippen molar-refractivity contribution in [2.24, 2.45) is 0 Å². The van der Waals surface area contributed by atoms with Crippen molar-refractivity contribution in [2.75, 3.05) is 11.1 Å². The number of carbonyl (C=O) groups is 1. The summed E-state index contributed by atoms with van der Waals surface area (Å²) in [5.74, 6) is 1.27. The van der Waals surface area contributed by atoms with Gasteiger partial charge in [0.1, 0.15) is 0 Å². The lowest BCUT2D eigenvalue weighted by Gasteiger charge is -2.02. The Kier molecular flexibility index (Phi) is 6.44. The molecule has 3 aromatic rings. The van der Waals surface area contributed by atoms with E-state index < -0.39 is 0 Å². The number of aryl methyl sites for hydroxylation is 1. The summed E-state index contributed by atoms with van der Waals surface area (Å²) in [7, 11) is 0. The molecule has 26 heavy (non-hydrogen) atoms. The first-order chi connectivity index (χ1) is 12.7. The summed E-state index contributed by atoms with van der Waals surface area (Å²) in [4.78, 5) is 13.2. The van der Waals surface area contributed by atoms with Gasteiger partial charge in [0.05, 0.1) is 6.42 Å². The second kappa shape index (κ2) is 9.20. The van der Waals surface area contributed by atoms with Gasteiger partial charge in [-0.3, -0.25) is 10.1 Å². The predicted molar refractivity (Wildman–Crippen MR) is 103 cm³/mol. The second-order valence-electron chi connectivity index (χ2n) is 5.98. The molecular weight excluding hydrogens is 346 g/mol. The molecule has 3 rings (SSSR count). The molecule has 1 heterocycles. The van der Waals surface area contributed by atoms with E-state index in [4.69, 9.17) is 4.42 Å². The van der Waals surface area contributed by atoms with Gasteiger partial charge < -0.3 is 4.42 Å². The van der Waals surface area contributed by atoms with Gasteiger partial charge >= 0.3 is 6.01 Å². The van der Waals surface area contributed by atoms with E-state index in [0.29, 0.717) is 18.7 Å². The van der Waals surface area contributed by atoms with Crippen molar-refractivity contribution < 1.29 is 9.21 Å². The minimum Gasteiger partial charge on any atom is -0.407 e. The van der Waals surface area contributed by atoms with Gasteiger partial charge in [-0.15, -0.1) is 16.9 Å². The zero-order valence-corrected chi connectivity index (χ0v) is 15.5. The van der Waals surface area contributed by atoms with Crippen molar-refractivity contribution in [3.8, 4) is 0 Å². The number of amides is 1. The lowest BCUT2D eigenvalue weighted by atomic mass is 10.1. The van der Waals surface area contributed by atoms with Crippen molar-refractivity contribution in [1.82, 2.24) is 10.2 Å². The molecule has 5 nitrogen and oxygen atoms in total. The molecule has 0 bridgehead atoms. The largest absolute Gasteiger partial charge is 0.407 e. The molecule has 0 spiro atoms. The zero-order valence-electron chi connectivity index (χ0n) is 14.6. The summed E-state index contributed by atoms with van der Waals surface area (Å²) in [6.07, 6.45) is 1.77.